The van der Waals surface area contributed by atoms with Gasteiger partial charge in [-0.25, -0.2) is 0 Å². The van der Waals surface area contributed by atoms with Crippen LogP contribution >= 0.6 is 0 Å². The van der Waals surface area contributed by atoms with Crippen molar-refractivity contribution in [2.75, 3.05) is 37.7 Å². The van der Waals surface area contributed by atoms with Crippen LogP contribution in [0.1, 0.15) is 0 Å². The lowest BCUT2D eigenvalue weighted by Crippen LogP contribution is -2.50. The highest BCUT2D eigenvalue weighted by atomic mass is 16.5. The number of anilines is 1. The summed E-state index contributed by atoms with van der Waals surface area (Å²) in [5.41, 5.74) is 1.06. The number of carbonyl (C=O) groups is 1. The van der Waals surface area contributed by atoms with Crippen molar-refractivity contribution in [1.29, 1.82) is 0 Å². The predicted octanol–water partition coefficient (Wildman–Crippen LogP) is 3.27. The zero-order chi connectivity index (χ0) is 18.6. The summed E-state index contributed by atoms with van der Waals surface area (Å²) in [6, 6.07) is 21.1. The smallest absolute Gasteiger partial charge is 0.260 e. The number of fused-ring (bicyclic) bond motifs is 1. The van der Waals surface area contributed by atoms with E-state index < -0.39 is 0 Å². The average Bonchev–Trinajstić information content (AvgIpc) is 2.72. The van der Waals surface area contributed by atoms with Crippen molar-refractivity contribution in [3.8, 4) is 11.5 Å². The zero-order valence-corrected chi connectivity index (χ0v) is 15.0. The van der Waals surface area contributed by atoms with Crippen molar-refractivity contribution in [2.24, 2.45) is 0 Å². The fourth-order valence-electron chi connectivity index (χ4n) is 3.43. The van der Waals surface area contributed by atoms with Gasteiger partial charge in [-0.15, -0.1) is 0 Å². The van der Waals surface area contributed by atoms with Gasteiger partial charge >= 0.3 is 0 Å². The molecule has 0 bridgehead atoms. The molecule has 0 spiro atoms. The molecule has 0 aromatic heterocycles. The number of piperazine rings is 1. The molecule has 0 unspecified atom stereocenters. The fourth-order valence-corrected chi connectivity index (χ4v) is 3.43. The number of rotatable bonds is 4. The summed E-state index contributed by atoms with van der Waals surface area (Å²) >= 11 is 0. The lowest BCUT2D eigenvalue weighted by Gasteiger charge is -2.36. The van der Waals surface area contributed by atoms with Crippen LogP contribution in [0.2, 0.25) is 0 Å². The van der Waals surface area contributed by atoms with E-state index in [9.17, 15) is 9.90 Å². The Morgan fingerprint density at radius 2 is 1.59 bits per heavy atom. The third-order valence-corrected chi connectivity index (χ3v) is 4.95. The van der Waals surface area contributed by atoms with Crippen LogP contribution in [0.25, 0.3) is 10.8 Å². The molecule has 5 heteroatoms. The van der Waals surface area contributed by atoms with Gasteiger partial charge in [0, 0.05) is 37.3 Å². The van der Waals surface area contributed by atoms with Crippen molar-refractivity contribution < 1.29 is 14.6 Å². The molecule has 1 aliphatic rings. The second-order valence-corrected chi connectivity index (χ2v) is 6.65. The first-order valence-corrected chi connectivity index (χ1v) is 9.13. The quantitative estimate of drug-likeness (QED) is 0.774. The summed E-state index contributed by atoms with van der Waals surface area (Å²) in [6.45, 7) is 2.92. The molecule has 4 rings (SSSR count). The standard InChI is InChI=1S/C22H22N2O3/c25-19-10-8-18(9-11-19)23-12-14-24(15-13-23)22(26)16-27-21-7-3-5-17-4-1-2-6-20(17)21/h1-11,25H,12-16H2. The molecule has 3 aromatic rings. The lowest BCUT2D eigenvalue weighted by atomic mass is 10.1. The second kappa shape index (κ2) is 7.58. The molecule has 3 aromatic carbocycles. The number of ether oxygens (including phenoxy) is 1. The highest BCUT2D eigenvalue weighted by Gasteiger charge is 2.21. The van der Waals surface area contributed by atoms with Crippen molar-refractivity contribution in [3.63, 3.8) is 0 Å². The van der Waals surface area contributed by atoms with Gasteiger partial charge in [0.05, 0.1) is 0 Å². The summed E-state index contributed by atoms with van der Waals surface area (Å²) < 4.78 is 5.83. The largest absolute Gasteiger partial charge is 0.508 e. The van der Waals surface area contributed by atoms with Gasteiger partial charge in [-0.1, -0.05) is 36.4 Å². The molecule has 0 radical (unpaired) electrons. The van der Waals surface area contributed by atoms with E-state index in [0.29, 0.717) is 13.1 Å². The zero-order valence-electron chi connectivity index (χ0n) is 15.0. The van der Waals surface area contributed by atoms with Crippen LogP contribution < -0.4 is 9.64 Å². The van der Waals surface area contributed by atoms with Gasteiger partial charge in [0.1, 0.15) is 11.5 Å². The van der Waals surface area contributed by atoms with E-state index in [-0.39, 0.29) is 18.3 Å². The third-order valence-electron chi connectivity index (χ3n) is 4.95. The number of phenolic OH excluding ortho intramolecular Hbond substituents is 1. The molecule has 1 aliphatic heterocycles. The maximum absolute atomic E-state index is 12.5. The Labute approximate surface area is 158 Å². The fraction of sp³-hybridized carbons (Fsp3) is 0.227. The van der Waals surface area contributed by atoms with Crippen molar-refractivity contribution in [3.05, 3.63) is 66.7 Å². The Hall–Kier alpha value is -3.21. The second-order valence-electron chi connectivity index (χ2n) is 6.65. The van der Waals surface area contributed by atoms with Gasteiger partial charge in [-0.3, -0.25) is 4.79 Å². The molecule has 0 saturated carbocycles. The first-order valence-electron chi connectivity index (χ1n) is 9.13. The minimum atomic E-state index is 0.00768. The van der Waals surface area contributed by atoms with Crippen LogP contribution in [-0.4, -0.2) is 48.7 Å². The first-order chi connectivity index (χ1) is 13.2. The average molecular weight is 362 g/mol. The lowest BCUT2D eigenvalue weighted by molar-refractivity contribution is -0.133. The Morgan fingerprint density at radius 3 is 2.37 bits per heavy atom. The number of nitrogens with zero attached hydrogens (tertiary/aromatic N) is 2. The molecular formula is C22H22N2O3. The molecule has 0 atom stereocenters. The first kappa shape index (κ1) is 17.2. The molecule has 1 N–H and O–H groups in total. The maximum Gasteiger partial charge on any atom is 0.260 e. The number of benzene rings is 3. The topological polar surface area (TPSA) is 53.0 Å². The number of hydrogen-bond acceptors (Lipinski definition) is 4. The van der Waals surface area contributed by atoms with Crippen LogP contribution in [0.15, 0.2) is 66.7 Å². The summed E-state index contributed by atoms with van der Waals surface area (Å²) in [5.74, 6) is 1.01. The summed E-state index contributed by atoms with van der Waals surface area (Å²) in [4.78, 5) is 16.6. The highest BCUT2D eigenvalue weighted by molar-refractivity contribution is 5.88. The third kappa shape index (κ3) is 3.82. The Kier molecular flexibility index (Phi) is 4.83. The summed E-state index contributed by atoms with van der Waals surface area (Å²) in [6.07, 6.45) is 0. The van der Waals surface area contributed by atoms with E-state index >= 15 is 0 Å². The van der Waals surface area contributed by atoms with E-state index in [1.165, 1.54) is 0 Å². The van der Waals surface area contributed by atoms with Gasteiger partial charge in [0.25, 0.3) is 5.91 Å². The van der Waals surface area contributed by atoms with E-state index in [2.05, 4.69) is 4.90 Å². The van der Waals surface area contributed by atoms with Crippen LogP contribution in [0.5, 0.6) is 11.5 Å². The van der Waals surface area contributed by atoms with Gasteiger partial charge < -0.3 is 19.6 Å². The number of amides is 1. The minimum Gasteiger partial charge on any atom is -0.508 e. The van der Waals surface area contributed by atoms with Crippen LogP contribution in [0, 0.1) is 0 Å². The Morgan fingerprint density at radius 1 is 0.889 bits per heavy atom. The van der Waals surface area contributed by atoms with Gasteiger partial charge in [0.2, 0.25) is 0 Å². The van der Waals surface area contributed by atoms with Crippen molar-refractivity contribution in [2.45, 2.75) is 0 Å². The van der Waals surface area contributed by atoms with Gasteiger partial charge in [0.15, 0.2) is 6.61 Å². The number of carbonyl (C=O) groups excluding carboxylic acids is 1. The molecule has 1 fully saturated rings. The molecule has 0 aliphatic carbocycles. The summed E-state index contributed by atoms with van der Waals surface area (Å²) in [7, 11) is 0. The van der Waals surface area contributed by atoms with E-state index in [1.807, 2.05) is 59.5 Å². The Bertz CT molecular complexity index is 926. The molecule has 1 amide bonds. The van der Waals surface area contributed by atoms with Crippen molar-refractivity contribution >= 4 is 22.4 Å². The van der Waals surface area contributed by atoms with Gasteiger partial charge in [-0.05, 0) is 35.7 Å². The molecule has 138 valence electrons. The van der Waals surface area contributed by atoms with Crippen molar-refractivity contribution in [1.82, 2.24) is 4.90 Å². The number of hydrogen-bond donors (Lipinski definition) is 1. The molecule has 27 heavy (non-hydrogen) atoms. The maximum atomic E-state index is 12.5. The van der Waals surface area contributed by atoms with Crippen LogP contribution in [-0.2, 0) is 4.79 Å². The Balaban J connectivity index is 1.34. The number of aromatic hydroxyl groups is 1. The molecular weight excluding hydrogens is 340 g/mol. The molecule has 1 heterocycles. The van der Waals surface area contributed by atoms with E-state index in [1.54, 1.807) is 12.1 Å². The highest BCUT2D eigenvalue weighted by Crippen LogP contribution is 2.25. The van der Waals surface area contributed by atoms with Crippen LogP contribution in [0.3, 0.4) is 0 Å². The molecule has 5 nitrogen and oxygen atoms in total. The SMILES string of the molecule is O=C(COc1cccc2ccccc12)N1CCN(c2ccc(O)cc2)CC1. The van der Waals surface area contributed by atoms with E-state index in [4.69, 9.17) is 4.74 Å². The minimum absolute atomic E-state index is 0.00768. The monoisotopic (exact) mass is 362 g/mol. The van der Waals surface area contributed by atoms with Gasteiger partial charge in [-0.2, -0.15) is 0 Å². The number of phenols is 1. The summed E-state index contributed by atoms with van der Waals surface area (Å²) in [5, 5.41) is 11.5. The van der Waals surface area contributed by atoms with E-state index in [0.717, 1.165) is 35.3 Å². The van der Waals surface area contributed by atoms with Crippen LogP contribution in [0.4, 0.5) is 5.69 Å². The predicted molar refractivity (Wildman–Crippen MR) is 106 cm³/mol. The molecule has 1 saturated heterocycles. The normalized spacial score (nSPS) is 14.4.